The van der Waals surface area contributed by atoms with Crippen molar-refractivity contribution in [3.8, 4) is 0 Å². The highest BCUT2D eigenvalue weighted by Gasteiger charge is 2.66. The molecule has 2 fully saturated rings. The van der Waals surface area contributed by atoms with Crippen LogP contribution in [-0.4, -0.2) is 72.7 Å². The normalized spacial score (nSPS) is 25.6. The van der Waals surface area contributed by atoms with Gasteiger partial charge in [0.2, 0.25) is 5.91 Å². The van der Waals surface area contributed by atoms with Crippen LogP contribution in [0.5, 0.6) is 0 Å². The summed E-state index contributed by atoms with van der Waals surface area (Å²) in [5.41, 5.74) is 3.96. The molecule has 274 valence electrons. The first-order valence-corrected chi connectivity index (χ1v) is 21.7. The van der Waals surface area contributed by atoms with Crippen molar-refractivity contribution in [2.45, 2.75) is 96.2 Å². The third-order valence-electron chi connectivity index (χ3n) is 11.8. The van der Waals surface area contributed by atoms with Crippen molar-refractivity contribution in [3.63, 3.8) is 0 Å². The van der Waals surface area contributed by atoms with Crippen LogP contribution in [0.1, 0.15) is 75.7 Å². The topological polar surface area (TPSA) is 111 Å². The van der Waals surface area contributed by atoms with E-state index in [0.29, 0.717) is 35.6 Å². The van der Waals surface area contributed by atoms with Gasteiger partial charge < -0.3 is 24.4 Å². The van der Waals surface area contributed by atoms with Crippen LogP contribution in [0.25, 0.3) is 10.8 Å². The van der Waals surface area contributed by atoms with Gasteiger partial charge in [-0.15, -0.1) is 0 Å². The molecule has 0 bridgehead atoms. The Kier molecular flexibility index (Phi) is 9.57. The molecule has 4 aliphatic heterocycles. The average Bonchev–Trinajstić information content (AvgIpc) is 3.83. The van der Waals surface area contributed by atoms with Gasteiger partial charge in [0.05, 0.1) is 42.1 Å². The average molecular weight is 722 g/mol. The van der Waals surface area contributed by atoms with Gasteiger partial charge in [0.25, 0.3) is 11.8 Å². The lowest BCUT2D eigenvalue weighted by Gasteiger charge is -2.33. The second-order valence-electron chi connectivity index (χ2n) is 15.9. The molecule has 10 heteroatoms. The number of aliphatic hydroxyl groups excluding tert-OH is 1. The number of ether oxygens (including phenoxy) is 1. The number of fused-ring (bicyclic) bond motifs is 2. The summed E-state index contributed by atoms with van der Waals surface area (Å²) in [6, 6.07) is 17.2. The quantitative estimate of drug-likeness (QED) is 0.168. The number of allylic oxidation sites excluding steroid dienone is 3. The fourth-order valence-corrected chi connectivity index (χ4v) is 11.9. The maximum Gasteiger partial charge on any atom is 0.264 e. The summed E-state index contributed by atoms with van der Waals surface area (Å²) >= 11 is 0. The highest BCUT2D eigenvalue weighted by atomic mass is 28.4. The van der Waals surface area contributed by atoms with Crippen LogP contribution in [0.15, 0.2) is 77.9 Å². The number of hydrogen-bond donors (Lipinski definition) is 2. The first-order valence-electron chi connectivity index (χ1n) is 18.7. The van der Waals surface area contributed by atoms with Crippen LogP contribution in [0.3, 0.4) is 0 Å². The lowest BCUT2D eigenvalue weighted by atomic mass is 9.82. The van der Waals surface area contributed by atoms with Crippen molar-refractivity contribution in [1.29, 1.82) is 0 Å². The van der Waals surface area contributed by atoms with E-state index in [1.54, 1.807) is 14.7 Å². The molecule has 3 aromatic rings. The highest BCUT2D eigenvalue weighted by Crippen LogP contribution is 2.60. The van der Waals surface area contributed by atoms with Crippen molar-refractivity contribution in [2.24, 2.45) is 5.92 Å². The molecule has 3 amide bonds. The summed E-state index contributed by atoms with van der Waals surface area (Å²) in [4.78, 5) is 60.0. The molecule has 9 nitrogen and oxygen atoms in total. The highest BCUT2D eigenvalue weighted by molar-refractivity contribution is 6.71. The lowest BCUT2D eigenvalue weighted by molar-refractivity contribution is -0.149. The van der Waals surface area contributed by atoms with Gasteiger partial charge in [0.1, 0.15) is 0 Å². The van der Waals surface area contributed by atoms with Crippen molar-refractivity contribution in [1.82, 2.24) is 4.90 Å². The number of carbonyl (C=O) groups is 3. The second-order valence-corrected chi connectivity index (χ2v) is 19.9. The zero-order valence-electron chi connectivity index (χ0n) is 31.2. The van der Waals surface area contributed by atoms with Crippen molar-refractivity contribution < 1.29 is 29.0 Å². The maximum atomic E-state index is 15.1. The van der Waals surface area contributed by atoms with Crippen LogP contribution in [0.2, 0.25) is 18.6 Å². The minimum atomic E-state index is -3.03. The number of nitrogens with zero attached hydrogens (tertiary/aromatic N) is 3. The Morgan fingerprint density at radius 1 is 1.04 bits per heavy atom. The van der Waals surface area contributed by atoms with E-state index in [4.69, 9.17) is 4.74 Å². The first-order chi connectivity index (χ1) is 24.8. The van der Waals surface area contributed by atoms with Crippen LogP contribution in [0.4, 0.5) is 17.1 Å². The van der Waals surface area contributed by atoms with Crippen molar-refractivity contribution in [3.05, 3.63) is 89.0 Å². The molecule has 3 aromatic carbocycles. The monoisotopic (exact) mass is 721 g/mol. The Morgan fingerprint density at radius 2 is 1.79 bits per heavy atom. The lowest BCUT2D eigenvalue weighted by Crippen LogP contribution is -2.46. The number of hydrogen-bond acceptors (Lipinski definition) is 6. The number of aliphatic hydroxyl groups is 1. The Morgan fingerprint density at radius 3 is 2.50 bits per heavy atom. The molecule has 4 heterocycles. The molecule has 2 N–H and O–H groups in total. The molecule has 4 aliphatic rings. The maximum absolute atomic E-state index is 15.1. The predicted molar refractivity (Wildman–Crippen MR) is 207 cm³/mol. The first kappa shape index (κ1) is 36.3. The summed E-state index contributed by atoms with van der Waals surface area (Å²) in [6.45, 7) is 12.8. The molecule has 0 aromatic heterocycles. The summed E-state index contributed by atoms with van der Waals surface area (Å²) in [5, 5.41) is 11.8. The molecule has 1 spiro atoms. The third-order valence-corrected chi connectivity index (χ3v) is 14.3. The van der Waals surface area contributed by atoms with Gasteiger partial charge in [0, 0.05) is 41.2 Å². The van der Waals surface area contributed by atoms with E-state index in [-0.39, 0.29) is 36.8 Å². The molecule has 2 saturated heterocycles. The number of carbonyl (C=O) groups excluding carboxylic acids is 3. The van der Waals surface area contributed by atoms with Crippen LogP contribution in [-0.2, 0) is 19.9 Å². The summed E-state index contributed by atoms with van der Waals surface area (Å²) in [6.07, 6.45) is 6.98. The third kappa shape index (κ3) is 5.93. The van der Waals surface area contributed by atoms with E-state index in [9.17, 15) is 19.5 Å². The van der Waals surface area contributed by atoms with E-state index < -0.39 is 31.5 Å². The number of anilines is 3. The van der Waals surface area contributed by atoms with Gasteiger partial charge in [0.15, 0.2) is 13.9 Å². The fourth-order valence-electron chi connectivity index (χ4n) is 9.34. The number of benzene rings is 3. The van der Waals surface area contributed by atoms with Crippen LogP contribution >= 0.6 is 0 Å². The van der Waals surface area contributed by atoms with Gasteiger partial charge in [-0.2, -0.15) is 0 Å². The van der Waals surface area contributed by atoms with Gasteiger partial charge in [-0.3, -0.25) is 19.3 Å². The van der Waals surface area contributed by atoms with Crippen LogP contribution in [0, 0.1) is 5.92 Å². The summed E-state index contributed by atoms with van der Waals surface area (Å²) < 4.78 is 7.03. The van der Waals surface area contributed by atoms with Gasteiger partial charge in [-0.05, 0) is 95.3 Å². The summed E-state index contributed by atoms with van der Waals surface area (Å²) in [7, 11) is -3.03. The number of amides is 3. The SMILES string of the molecule is CC(C)=CCC/C(C)=C/CN1C(=O)[C@]2(O[C@H](CC(=O)N3CCC[C@H]3CO)[C@@H]([Si](C)(C)O)[C@@H]2C)c2cc(N3C(=O)c4cccc5cccc3c45)ccc21. The molecule has 0 unspecified atom stereocenters. The molecule has 5 atom stereocenters. The van der Waals surface area contributed by atoms with Gasteiger partial charge in [-0.25, -0.2) is 0 Å². The Hall–Kier alpha value is -4.09. The smallest absolute Gasteiger partial charge is 0.264 e. The molecule has 52 heavy (non-hydrogen) atoms. The molecule has 0 radical (unpaired) electrons. The van der Waals surface area contributed by atoms with E-state index in [2.05, 4.69) is 32.9 Å². The number of rotatable bonds is 10. The van der Waals surface area contributed by atoms with E-state index in [1.807, 2.05) is 74.6 Å². The predicted octanol–water partition coefficient (Wildman–Crippen LogP) is 7.34. The minimum absolute atomic E-state index is 0.0117. The Labute approximate surface area is 307 Å². The molecular formula is C42H51N3O6Si. The Bertz CT molecular complexity index is 1990. The molecule has 0 saturated carbocycles. The fraction of sp³-hybridized carbons (Fsp3) is 0.452. The molecule has 7 rings (SSSR count). The van der Waals surface area contributed by atoms with Crippen molar-refractivity contribution >= 4 is 53.9 Å². The largest absolute Gasteiger partial charge is 0.432 e. The van der Waals surface area contributed by atoms with E-state index in [1.165, 1.54) is 11.1 Å². The molecular weight excluding hydrogens is 671 g/mol. The molecule has 0 aliphatic carbocycles. The van der Waals surface area contributed by atoms with Crippen molar-refractivity contribution in [2.75, 3.05) is 29.5 Å². The standard InChI is InChI=1S/C42H51N3O6Si/c1-26(2)11-7-12-27(3)20-22-44-34-19-18-30(45-35-17-9-14-29-13-8-16-32(38(29)35)40(45)48)23-33(34)42(41(44)49)28(4)39(52(5,6)50)36(51-42)24-37(47)43-21-10-15-31(43)25-46/h8-9,11,13-14,16-20,23,28,31,36,39,46,50H,7,10,12,15,21-22,24-25H2,1-6H3/b27-20+/t28-,31-,36+,39-,42+/m0/s1. The summed E-state index contributed by atoms with van der Waals surface area (Å²) in [5.74, 6) is -0.944. The zero-order valence-corrected chi connectivity index (χ0v) is 32.2. The second kappa shape index (κ2) is 13.7. The zero-order chi connectivity index (χ0) is 37.1. The van der Waals surface area contributed by atoms with Gasteiger partial charge >= 0.3 is 0 Å². The minimum Gasteiger partial charge on any atom is -0.432 e. The number of likely N-dealkylation sites (tertiary alicyclic amines) is 1. The van der Waals surface area contributed by atoms with Gasteiger partial charge in [-0.1, -0.05) is 54.5 Å². The van der Waals surface area contributed by atoms with E-state index >= 15 is 4.79 Å². The van der Waals surface area contributed by atoms with E-state index in [0.717, 1.165) is 42.1 Å². The Balaban J connectivity index is 1.32. The van der Waals surface area contributed by atoms with Crippen LogP contribution < -0.4 is 9.80 Å².